The normalized spacial score (nSPS) is 11.4. The van der Waals surface area contributed by atoms with Crippen molar-refractivity contribution in [3.63, 3.8) is 0 Å². The van der Waals surface area contributed by atoms with Crippen molar-refractivity contribution in [2.75, 3.05) is 0 Å². The molecule has 0 radical (unpaired) electrons. The van der Waals surface area contributed by atoms with E-state index in [4.69, 9.17) is 0 Å². The van der Waals surface area contributed by atoms with E-state index in [1.807, 2.05) is 6.08 Å². The van der Waals surface area contributed by atoms with Crippen molar-refractivity contribution in [2.45, 2.75) is 58.3 Å². The molecule has 0 atom stereocenters. The van der Waals surface area contributed by atoms with E-state index in [9.17, 15) is 0 Å². The zero-order valence-electron chi connectivity index (χ0n) is 16.6. The molecule has 27 heavy (non-hydrogen) atoms. The number of benzene rings is 2. The summed E-state index contributed by atoms with van der Waals surface area (Å²) in [5, 5.41) is 8.32. The van der Waals surface area contributed by atoms with Crippen LogP contribution in [0.4, 0.5) is 0 Å². The van der Waals surface area contributed by atoms with E-state index in [0.717, 1.165) is 24.0 Å². The molecule has 2 rings (SSSR count). The first kappa shape index (κ1) is 20.8. The Kier molecular flexibility index (Phi) is 9.88. The molecule has 0 spiro atoms. The van der Waals surface area contributed by atoms with Crippen LogP contribution in [-0.4, -0.2) is 12.4 Å². The van der Waals surface area contributed by atoms with Crippen LogP contribution in [0, 0.1) is 0 Å². The lowest BCUT2D eigenvalue weighted by Crippen LogP contribution is -1.88. The SMILES string of the molecule is C=CCCc1ccc(C=NN=Cc2ccc(CCCCCCC)cc2)cc1. The van der Waals surface area contributed by atoms with Crippen molar-refractivity contribution in [2.24, 2.45) is 10.2 Å². The third-order valence-electron chi connectivity index (χ3n) is 4.65. The Labute approximate surface area is 164 Å². The summed E-state index contributed by atoms with van der Waals surface area (Å²) in [6, 6.07) is 17.1. The van der Waals surface area contributed by atoms with Crippen molar-refractivity contribution in [1.29, 1.82) is 0 Å². The van der Waals surface area contributed by atoms with E-state index >= 15 is 0 Å². The summed E-state index contributed by atoms with van der Waals surface area (Å²) in [6.07, 6.45) is 15.4. The molecule has 142 valence electrons. The number of allylic oxidation sites excluding steroid dienone is 1. The van der Waals surface area contributed by atoms with Crippen LogP contribution in [-0.2, 0) is 12.8 Å². The van der Waals surface area contributed by atoms with Gasteiger partial charge in [-0.15, -0.1) is 6.58 Å². The highest BCUT2D eigenvalue weighted by Crippen LogP contribution is 2.10. The number of unbranched alkanes of at least 4 members (excludes halogenated alkanes) is 4. The molecule has 2 aromatic carbocycles. The first-order chi connectivity index (χ1) is 13.3. The molecule has 0 N–H and O–H groups in total. The topological polar surface area (TPSA) is 24.7 Å². The minimum atomic E-state index is 1.01. The monoisotopic (exact) mass is 360 g/mol. The van der Waals surface area contributed by atoms with E-state index < -0.39 is 0 Å². The van der Waals surface area contributed by atoms with Crippen LogP contribution in [0.15, 0.2) is 71.4 Å². The quantitative estimate of drug-likeness (QED) is 0.173. The third kappa shape index (κ3) is 8.63. The summed E-state index contributed by atoms with van der Waals surface area (Å²) < 4.78 is 0. The van der Waals surface area contributed by atoms with Gasteiger partial charge in [-0.05, 0) is 47.9 Å². The molecule has 0 aliphatic heterocycles. The highest BCUT2D eigenvalue weighted by Gasteiger charge is 1.95. The van der Waals surface area contributed by atoms with Crippen LogP contribution in [0.3, 0.4) is 0 Å². The molecule has 0 bridgehead atoms. The largest absolute Gasteiger partial charge is 0.159 e. The fourth-order valence-corrected chi connectivity index (χ4v) is 2.94. The second-order valence-corrected chi connectivity index (χ2v) is 6.96. The molecule has 0 fully saturated rings. The fraction of sp³-hybridized carbons (Fsp3) is 0.360. The Bertz CT molecular complexity index is 709. The van der Waals surface area contributed by atoms with E-state index in [1.54, 1.807) is 12.4 Å². The van der Waals surface area contributed by atoms with Gasteiger partial charge in [0.05, 0.1) is 12.4 Å². The molecule has 0 aliphatic carbocycles. The third-order valence-corrected chi connectivity index (χ3v) is 4.65. The number of nitrogens with zero attached hydrogens (tertiary/aromatic N) is 2. The molecule has 0 aliphatic rings. The average molecular weight is 361 g/mol. The van der Waals surface area contributed by atoms with Crippen molar-refractivity contribution < 1.29 is 0 Å². The fourth-order valence-electron chi connectivity index (χ4n) is 2.94. The lowest BCUT2D eigenvalue weighted by Gasteiger charge is -2.02. The van der Waals surface area contributed by atoms with Crippen molar-refractivity contribution >= 4 is 12.4 Å². The van der Waals surface area contributed by atoms with Crippen LogP contribution in [0.2, 0.25) is 0 Å². The van der Waals surface area contributed by atoms with Gasteiger partial charge in [-0.25, -0.2) is 0 Å². The highest BCUT2D eigenvalue weighted by atomic mass is 15.2. The van der Waals surface area contributed by atoms with Crippen LogP contribution >= 0.6 is 0 Å². The molecule has 2 heteroatoms. The number of hydrogen-bond donors (Lipinski definition) is 0. The van der Waals surface area contributed by atoms with Crippen LogP contribution in [0.1, 0.15) is 67.7 Å². The van der Waals surface area contributed by atoms with Crippen LogP contribution in [0.5, 0.6) is 0 Å². The van der Waals surface area contributed by atoms with Gasteiger partial charge in [0.2, 0.25) is 0 Å². The lowest BCUT2D eigenvalue weighted by molar-refractivity contribution is 0.632. The number of aryl methyl sites for hydroxylation is 2. The molecule has 2 aromatic rings. The van der Waals surface area contributed by atoms with Gasteiger partial charge in [0.25, 0.3) is 0 Å². The smallest absolute Gasteiger partial charge is 0.0568 e. The number of hydrogen-bond acceptors (Lipinski definition) is 2. The zero-order valence-corrected chi connectivity index (χ0v) is 16.6. The maximum atomic E-state index is 4.17. The second kappa shape index (κ2) is 12.8. The maximum absolute atomic E-state index is 4.17. The summed E-state index contributed by atoms with van der Waals surface area (Å²) in [5.41, 5.74) is 4.87. The summed E-state index contributed by atoms with van der Waals surface area (Å²) in [6.45, 7) is 6.01. The van der Waals surface area contributed by atoms with Crippen LogP contribution in [0.25, 0.3) is 0 Å². The summed E-state index contributed by atoms with van der Waals surface area (Å²) in [4.78, 5) is 0. The molecule has 0 amide bonds. The van der Waals surface area contributed by atoms with Crippen LogP contribution < -0.4 is 0 Å². The summed E-state index contributed by atoms with van der Waals surface area (Å²) >= 11 is 0. The molecule has 2 nitrogen and oxygen atoms in total. The predicted octanol–water partition coefficient (Wildman–Crippen LogP) is 6.77. The average Bonchev–Trinajstić information content (AvgIpc) is 2.71. The predicted molar refractivity (Wildman–Crippen MR) is 119 cm³/mol. The van der Waals surface area contributed by atoms with Gasteiger partial charge in [0, 0.05) is 0 Å². The summed E-state index contributed by atoms with van der Waals surface area (Å²) in [5.74, 6) is 0. The summed E-state index contributed by atoms with van der Waals surface area (Å²) in [7, 11) is 0. The Balaban J connectivity index is 1.76. The van der Waals surface area contributed by atoms with Crippen molar-refractivity contribution in [3.05, 3.63) is 83.4 Å². The molecular weight excluding hydrogens is 328 g/mol. The van der Waals surface area contributed by atoms with Gasteiger partial charge in [-0.1, -0.05) is 87.2 Å². The van der Waals surface area contributed by atoms with E-state index in [2.05, 4.69) is 72.2 Å². The Morgan fingerprint density at radius 2 is 1.22 bits per heavy atom. The van der Waals surface area contributed by atoms with Gasteiger partial charge in [0.1, 0.15) is 0 Å². The zero-order chi connectivity index (χ0) is 19.2. The van der Waals surface area contributed by atoms with Crippen molar-refractivity contribution in [1.82, 2.24) is 0 Å². The molecule has 0 aromatic heterocycles. The molecule has 0 saturated carbocycles. The second-order valence-electron chi connectivity index (χ2n) is 6.96. The number of rotatable bonds is 12. The Morgan fingerprint density at radius 3 is 1.74 bits per heavy atom. The molecular formula is C25H32N2. The van der Waals surface area contributed by atoms with Gasteiger partial charge in [-0.3, -0.25) is 0 Å². The maximum Gasteiger partial charge on any atom is 0.0568 e. The van der Waals surface area contributed by atoms with Crippen molar-refractivity contribution in [3.8, 4) is 0 Å². The molecule has 0 saturated heterocycles. The standard InChI is InChI=1S/C25H32N2/c1-3-5-7-8-9-11-23-14-18-25(19-15-23)21-27-26-20-24-16-12-22(13-17-24)10-6-4-2/h4,12-21H,2-3,5-11H2,1H3. The highest BCUT2D eigenvalue weighted by molar-refractivity contribution is 5.82. The van der Waals surface area contributed by atoms with Gasteiger partial charge in [-0.2, -0.15) is 10.2 Å². The van der Waals surface area contributed by atoms with Gasteiger partial charge >= 0.3 is 0 Å². The van der Waals surface area contributed by atoms with Gasteiger partial charge in [0.15, 0.2) is 0 Å². The van der Waals surface area contributed by atoms with E-state index in [0.29, 0.717) is 0 Å². The van der Waals surface area contributed by atoms with E-state index in [-0.39, 0.29) is 0 Å². The first-order valence-corrected chi connectivity index (χ1v) is 10.2. The first-order valence-electron chi connectivity index (χ1n) is 10.2. The lowest BCUT2D eigenvalue weighted by atomic mass is 10.0. The minimum Gasteiger partial charge on any atom is -0.159 e. The van der Waals surface area contributed by atoms with E-state index in [1.165, 1.54) is 49.7 Å². The molecule has 0 heterocycles. The Hall–Kier alpha value is -2.48. The Morgan fingerprint density at radius 1 is 0.704 bits per heavy atom. The van der Waals surface area contributed by atoms with Gasteiger partial charge < -0.3 is 0 Å². The molecule has 0 unspecified atom stereocenters. The minimum absolute atomic E-state index is 1.01.